The van der Waals surface area contributed by atoms with E-state index in [9.17, 15) is 4.79 Å². The zero-order chi connectivity index (χ0) is 7.07. The Morgan fingerprint density at radius 2 is 2.22 bits per heavy atom. The lowest BCUT2D eigenvalue weighted by molar-refractivity contribution is -0.124. The highest BCUT2D eigenvalue weighted by Gasteiger charge is 2.36. The number of hydrogen-bond donors (Lipinski definition) is 1. The first-order valence-corrected chi connectivity index (χ1v) is 2.96. The maximum atomic E-state index is 10.9. The molecule has 0 aliphatic heterocycles. The van der Waals surface area contributed by atoms with Crippen LogP contribution in [0.2, 0.25) is 0 Å². The number of carbonyl (C=O) groups is 1. The van der Waals surface area contributed by atoms with Gasteiger partial charge in [-0.1, -0.05) is 6.08 Å². The van der Waals surface area contributed by atoms with Gasteiger partial charge < -0.3 is 5.11 Å². The van der Waals surface area contributed by atoms with E-state index in [1.165, 1.54) is 12.2 Å². The third-order valence-corrected chi connectivity index (χ3v) is 1.80. The van der Waals surface area contributed by atoms with Crippen LogP contribution >= 0.6 is 0 Å². The van der Waals surface area contributed by atoms with Gasteiger partial charge in [0.15, 0.2) is 5.78 Å². The minimum absolute atomic E-state index is 0.00926. The molecule has 0 aromatic rings. The van der Waals surface area contributed by atoms with E-state index in [0.717, 1.165) is 0 Å². The predicted octanol–water partition coefficient (Wildman–Crippen LogP) is 0.512. The van der Waals surface area contributed by atoms with Crippen molar-refractivity contribution >= 4 is 5.78 Å². The molecule has 1 atom stereocenters. The summed E-state index contributed by atoms with van der Waals surface area (Å²) in [6.07, 6.45) is 2.37. The molecule has 1 unspecified atom stereocenters. The molecule has 0 radical (unpaired) electrons. The van der Waals surface area contributed by atoms with Crippen molar-refractivity contribution in [3.63, 3.8) is 0 Å². The molecule has 1 aliphatic carbocycles. The number of ketones is 1. The molecule has 1 aliphatic rings. The largest absolute Gasteiger partial charge is 0.388 e. The molecular weight excluding hydrogens is 116 g/mol. The second-order valence-corrected chi connectivity index (χ2v) is 2.89. The maximum Gasteiger partial charge on any atom is 0.163 e. The Morgan fingerprint density at radius 1 is 1.67 bits per heavy atom. The molecule has 1 N–H and O–H groups in total. The fourth-order valence-electron chi connectivity index (χ4n) is 0.780. The first-order valence-electron chi connectivity index (χ1n) is 2.96. The lowest BCUT2D eigenvalue weighted by Gasteiger charge is -2.19. The molecule has 2 nitrogen and oxygen atoms in total. The fraction of sp³-hybridized carbons (Fsp3) is 0.571. The first-order chi connectivity index (χ1) is 4.05. The van der Waals surface area contributed by atoms with E-state index in [2.05, 4.69) is 0 Å². The normalized spacial score (nSPS) is 31.4. The van der Waals surface area contributed by atoms with Crippen LogP contribution in [0, 0.1) is 5.41 Å². The molecule has 0 saturated heterocycles. The number of aliphatic hydroxyl groups excluding tert-OH is 1. The summed E-state index contributed by atoms with van der Waals surface area (Å²) < 4.78 is 0. The topological polar surface area (TPSA) is 37.3 Å². The Balaban J connectivity index is 2.88. The van der Waals surface area contributed by atoms with Gasteiger partial charge in [-0.3, -0.25) is 4.79 Å². The van der Waals surface area contributed by atoms with Gasteiger partial charge in [-0.05, 0) is 19.9 Å². The fourth-order valence-corrected chi connectivity index (χ4v) is 0.780. The number of allylic oxidation sites excluding steroid dienone is 1. The molecule has 0 aromatic carbocycles. The number of carbonyl (C=O) groups excluding carboxylic acids is 1. The summed E-state index contributed by atoms with van der Waals surface area (Å²) in [5, 5.41) is 9.12. The van der Waals surface area contributed by atoms with E-state index in [4.69, 9.17) is 5.11 Å². The van der Waals surface area contributed by atoms with Crippen LogP contribution in [0.1, 0.15) is 13.8 Å². The summed E-state index contributed by atoms with van der Waals surface area (Å²) in [5.74, 6) is 0.00926. The van der Waals surface area contributed by atoms with Crippen molar-refractivity contribution in [2.45, 2.75) is 20.0 Å². The van der Waals surface area contributed by atoms with Gasteiger partial charge in [-0.25, -0.2) is 0 Å². The third kappa shape index (κ3) is 0.793. The van der Waals surface area contributed by atoms with Crippen molar-refractivity contribution in [3.8, 4) is 0 Å². The van der Waals surface area contributed by atoms with Crippen molar-refractivity contribution in [2.75, 3.05) is 0 Å². The summed E-state index contributed by atoms with van der Waals surface area (Å²) in [6, 6.07) is 0. The molecule has 0 spiro atoms. The van der Waals surface area contributed by atoms with Crippen molar-refractivity contribution in [3.05, 3.63) is 12.2 Å². The predicted molar refractivity (Wildman–Crippen MR) is 33.9 cm³/mol. The number of rotatable bonds is 0. The van der Waals surface area contributed by atoms with E-state index in [1.54, 1.807) is 13.8 Å². The Kier molecular flexibility index (Phi) is 1.21. The van der Waals surface area contributed by atoms with Crippen LogP contribution in [-0.4, -0.2) is 17.0 Å². The monoisotopic (exact) mass is 126 g/mol. The van der Waals surface area contributed by atoms with Crippen LogP contribution in [0.25, 0.3) is 0 Å². The quantitative estimate of drug-likeness (QED) is 0.513. The molecule has 1 rings (SSSR count). The second kappa shape index (κ2) is 1.67. The molecule has 0 amide bonds. The maximum absolute atomic E-state index is 10.9. The van der Waals surface area contributed by atoms with Crippen LogP contribution < -0.4 is 0 Å². The summed E-state index contributed by atoms with van der Waals surface area (Å²) in [6.45, 7) is 3.47. The standard InChI is InChI=1S/C7H10O2/c1-7(2)5(8)3-4-6(7)9/h3-5,8H,1-2H3. The van der Waals surface area contributed by atoms with E-state index >= 15 is 0 Å². The van der Waals surface area contributed by atoms with Crippen molar-refractivity contribution in [1.82, 2.24) is 0 Å². The minimum Gasteiger partial charge on any atom is -0.388 e. The van der Waals surface area contributed by atoms with Crippen molar-refractivity contribution in [2.24, 2.45) is 5.41 Å². The lowest BCUT2D eigenvalue weighted by Crippen LogP contribution is -2.29. The summed E-state index contributed by atoms with van der Waals surface area (Å²) >= 11 is 0. The lowest BCUT2D eigenvalue weighted by atomic mass is 9.87. The Hall–Kier alpha value is -0.630. The van der Waals surface area contributed by atoms with Gasteiger partial charge in [-0.2, -0.15) is 0 Å². The highest BCUT2D eigenvalue weighted by Crippen LogP contribution is 2.28. The molecular formula is C7H10O2. The Morgan fingerprint density at radius 3 is 2.33 bits per heavy atom. The summed E-state index contributed by atoms with van der Waals surface area (Å²) in [7, 11) is 0. The number of aliphatic hydroxyl groups is 1. The third-order valence-electron chi connectivity index (χ3n) is 1.80. The van der Waals surface area contributed by atoms with Gasteiger partial charge in [0, 0.05) is 0 Å². The van der Waals surface area contributed by atoms with Gasteiger partial charge in [0.1, 0.15) is 0 Å². The molecule has 0 bridgehead atoms. The molecule has 0 fully saturated rings. The molecule has 0 saturated carbocycles. The summed E-state index contributed by atoms with van der Waals surface area (Å²) in [4.78, 5) is 10.9. The van der Waals surface area contributed by atoms with Gasteiger partial charge >= 0.3 is 0 Å². The Labute approximate surface area is 54.2 Å². The van der Waals surface area contributed by atoms with Crippen molar-refractivity contribution in [1.29, 1.82) is 0 Å². The van der Waals surface area contributed by atoms with Gasteiger partial charge in [0.05, 0.1) is 11.5 Å². The minimum atomic E-state index is -0.593. The highest BCUT2D eigenvalue weighted by atomic mass is 16.3. The van der Waals surface area contributed by atoms with Gasteiger partial charge in [0.25, 0.3) is 0 Å². The van der Waals surface area contributed by atoms with Crippen LogP contribution in [0.5, 0.6) is 0 Å². The van der Waals surface area contributed by atoms with E-state index in [1.807, 2.05) is 0 Å². The van der Waals surface area contributed by atoms with Crippen molar-refractivity contribution < 1.29 is 9.90 Å². The van der Waals surface area contributed by atoms with Crippen LogP contribution in [-0.2, 0) is 4.79 Å². The van der Waals surface area contributed by atoms with Gasteiger partial charge in [-0.15, -0.1) is 0 Å². The van der Waals surface area contributed by atoms with E-state index < -0.39 is 11.5 Å². The molecule has 9 heavy (non-hydrogen) atoms. The molecule has 2 heteroatoms. The SMILES string of the molecule is CC1(C)C(=O)C=CC1O. The second-order valence-electron chi connectivity index (χ2n) is 2.89. The first kappa shape index (κ1) is 6.49. The number of hydrogen-bond acceptors (Lipinski definition) is 2. The average Bonchev–Trinajstić information content (AvgIpc) is 1.96. The van der Waals surface area contributed by atoms with E-state index in [-0.39, 0.29) is 5.78 Å². The van der Waals surface area contributed by atoms with Gasteiger partial charge in [0.2, 0.25) is 0 Å². The smallest absolute Gasteiger partial charge is 0.163 e. The molecule has 50 valence electrons. The molecule has 0 heterocycles. The zero-order valence-corrected chi connectivity index (χ0v) is 5.59. The zero-order valence-electron chi connectivity index (χ0n) is 5.59. The summed E-state index contributed by atoms with van der Waals surface area (Å²) in [5.41, 5.74) is -0.583. The average molecular weight is 126 g/mol. The Bertz CT molecular complexity index is 168. The molecule has 0 aromatic heterocycles. The highest BCUT2D eigenvalue weighted by molar-refractivity contribution is 5.97. The van der Waals surface area contributed by atoms with Crippen LogP contribution in [0.3, 0.4) is 0 Å². The van der Waals surface area contributed by atoms with Crippen LogP contribution in [0.15, 0.2) is 12.2 Å². The van der Waals surface area contributed by atoms with Crippen LogP contribution in [0.4, 0.5) is 0 Å². The van der Waals surface area contributed by atoms with E-state index in [0.29, 0.717) is 0 Å².